The van der Waals surface area contributed by atoms with Gasteiger partial charge in [0, 0.05) is 31.2 Å². The molecule has 0 aromatic heterocycles. The van der Waals surface area contributed by atoms with Gasteiger partial charge in [-0.25, -0.2) is 0 Å². The summed E-state index contributed by atoms with van der Waals surface area (Å²) < 4.78 is 0. The molecule has 1 heterocycles. The van der Waals surface area contributed by atoms with E-state index in [9.17, 15) is 0 Å². The van der Waals surface area contributed by atoms with E-state index in [2.05, 4.69) is 50.0 Å². The van der Waals surface area contributed by atoms with Gasteiger partial charge >= 0.3 is 0 Å². The van der Waals surface area contributed by atoms with Crippen molar-refractivity contribution in [1.82, 2.24) is 15.1 Å². The molecule has 0 spiro atoms. The Balaban J connectivity index is 2.34. The largest absolute Gasteiger partial charge is 0.312 e. The number of rotatable bonds is 7. The summed E-state index contributed by atoms with van der Waals surface area (Å²) in [6, 6.07) is 2.10. The van der Waals surface area contributed by atoms with Crippen molar-refractivity contribution in [2.45, 2.75) is 64.6 Å². The van der Waals surface area contributed by atoms with E-state index >= 15 is 0 Å². The standard InChI is InChI=1S/C15H33N3/c1-6-14(7-2)16-11-13(3)18-10-8-9-15(12-18)17(4)5/h13-16H,6-12H2,1-5H3. The Hall–Kier alpha value is -0.120. The molecule has 1 aliphatic rings. The topological polar surface area (TPSA) is 18.5 Å². The fraction of sp³-hybridized carbons (Fsp3) is 1.00. The summed E-state index contributed by atoms with van der Waals surface area (Å²) in [5.74, 6) is 0. The highest BCUT2D eigenvalue weighted by molar-refractivity contribution is 4.82. The van der Waals surface area contributed by atoms with Crippen LogP contribution in [0.5, 0.6) is 0 Å². The molecular formula is C15H33N3. The summed E-state index contributed by atoms with van der Waals surface area (Å²) in [7, 11) is 4.42. The van der Waals surface area contributed by atoms with E-state index in [1.807, 2.05) is 0 Å². The molecular weight excluding hydrogens is 222 g/mol. The van der Waals surface area contributed by atoms with Crippen molar-refractivity contribution in [3.8, 4) is 0 Å². The molecule has 18 heavy (non-hydrogen) atoms. The first-order valence-electron chi connectivity index (χ1n) is 7.72. The lowest BCUT2D eigenvalue weighted by molar-refractivity contribution is 0.100. The maximum absolute atomic E-state index is 3.70. The SMILES string of the molecule is CCC(CC)NCC(C)N1CCCC(N(C)C)C1. The summed E-state index contributed by atoms with van der Waals surface area (Å²) in [5.41, 5.74) is 0. The van der Waals surface area contributed by atoms with Gasteiger partial charge in [-0.2, -0.15) is 0 Å². The van der Waals surface area contributed by atoms with E-state index in [-0.39, 0.29) is 0 Å². The molecule has 1 aliphatic heterocycles. The molecule has 3 heteroatoms. The number of hydrogen-bond donors (Lipinski definition) is 1. The lowest BCUT2D eigenvalue weighted by Gasteiger charge is -2.39. The summed E-state index contributed by atoms with van der Waals surface area (Å²) in [4.78, 5) is 5.04. The zero-order valence-electron chi connectivity index (χ0n) is 13.1. The lowest BCUT2D eigenvalue weighted by atomic mass is 10.0. The van der Waals surface area contributed by atoms with Crippen LogP contribution in [0, 0.1) is 0 Å². The quantitative estimate of drug-likeness (QED) is 0.752. The van der Waals surface area contributed by atoms with Crippen molar-refractivity contribution in [2.75, 3.05) is 33.7 Å². The zero-order chi connectivity index (χ0) is 13.5. The van der Waals surface area contributed by atoms with Gasteiger partial charge in [-0.05, 0) is 53.2 Å². The normalized spacial score (nSPS) is 23.8. The van der Waals surface area contributed by atoms with Crippen LogP contribution in [-0.4, -0.2) is 61.7 Å². The van der Waals surface area contributed by atoms with E-state index in [1.165, 1.54) is 38.8 Å². The first-order valence-corrected chi connectivity index (χ1v) is 7.72. The molecule has 0 aliphatic carbocycles. The van der Waals surface area contributed by atoms with Gasteiger partial charge in [0.15, 0.2) is 0 Å². The van der Waals surface area contributed by atoms with Crippen molar-refractivity contribution >= 4 is 0 Å². The second kappa shape index (κ2) is 8.13. The molecule has 2 atom stereocenters. The van der Waals surface area contributed by atoms with E-state index in [4.69, 9.17) is 0 Å². The highest BCUT2D eigenvalue weighted by Gasteiger charge is 2.24. The number of likely N-dealkylation sites (N-methyl/N-ethyl adjacent to an activating group) is 1. The van der Waals surface area contributed by atoms with Crippen LogP contribution in [0.1, 0.15) is 46.5 Å². The Bertz CT molecular complexity index is 214. The Kier molecular flexibility index (Phi) is 7.20. The highest BCUT2D eigenvalue weighted by atomic mass is 15.2. The molecule has 1 rings (SSSR count). The fourth-order valence-corrected chi connectivity index (χ4v) is 2.85. The molecule has 0 saturated carbocycles. The Morgan fingerprint density at radius 3 is 2.50 bits per heavy atom. The molecule has 0 radical (unpaired) electrons. The smallest absolute Gasteiger partial charge is 0.0217 e. The first-order chi connectivity index (χ1) is 8.58. The van der Waals surface area contributed by atoms with Gasteiger partial charge in [0.1, 0.15) is 0 Å². The first kappa shape index (κ1) is 15.9. The molecule has 0 amide bonds. The van der Waals surface area contributed by atoms with Gasteiger partial charge in [0.2, 0.25) is 0 Å². The number of piperidine rings is 1. The Labute approximate surface area is 114 Å². The third-order valence-corrected chi connectivity index (χ3v) is 4.47. The van der Waals surface area contributed by atoms with Crippen molar-refractivity contribution in [2.24, 2.45) is 0 Å². The van der Waals surface area contributed by atoms with Gasteiger partial charge in [0.25, 0.3) is 0 Å². The van der Waals surface area contributed by atoms with E-state index in [0.717, 1.165) is 12.6 Å². The van der Waals surface area contributed by atoms with Gasteiger partial charge in [-0.15, -0.1) is 0 Å². The number of nitrogens with zero attached hydrogens (tertiary/aromatic N) is 2. The Morgan fingerprint density at radius 1 is 1.28 bits per heavy atom. The molecule has 1 N–H and O–H groups in total. The van der Waals surface area contributed by atoms with E-state index in [1.54, 1.807) is 0 Å². The van der Waals surface area contributed by atoms with Gasteiger partial charge < -0.3 is 10.2 Å². The van der Waals surface area contributed by atoms with Crippen molar-refractivity contribution < 1.29 is 0 Å². The minimum atomic E-state index is 0.661. The molecule has 0 bridgehead atoms. The average Bonchev–Trinajstić information content (AvgIpc) is 2.39. The second-order valence-electron chi connectivity index (χ2n) is 6.03. The minimum Gasteiger partial charge on any atom is -0.312 e. The molecule has 1 saturated heterocycles. The summed E-state index contributed by atoms with van der Waals surface area (Å²) >= 11 is 0. The molecule has 0 aromatic rings. The summed E-state index contributed by atoms with van der Waals surface area (Å²) in [6.07, 6.45) is 5.18. The summed E-state index contributed by atoms with van der Waals surface area (Å²) in [6.45, 7) is 10.6. The number of likely N-dealkylation sites (tertiary alicyclic amines) is 1. The van der Waals surface area contributed by atoms with Crippen molar-refractivity contribution in [3.05, 3.63) is 0 Å². The maximum Gasteiger partial charge on any atom is 0.0217 e. The van der Waals surface area contributed by atoms with Gasteiger partial charge in [0.05, 0.1) is 0 Å². The second-order valence-corrected chi connectivity index (χ2v) is 6.03. The predicted molar refractivity (Wildman–Crippen MR) is 80.1 cm³/mol. The van der Waals surface area contributed by atoms with Crippen molar-refractivity contribution in [3.63, 3.8) is 0 Å². The third-order valence-electron chi connectivity index (χ3n) is 4.47. The molecule has 3 nitrogen and oxygen atoms in total. The highest BCUT2D eigenvalue weighted by Crippen LogP contribution is 2.16. The third kappa shape index (κ3) is 4.87. The molecule has 1 fully saturated rings. The number of nitrogens with one attached hydrogen (secondary N) is 1. The van der Waals surface area contributed by atoms with Crippen LogP contribution in [0.3, 0.4) is 0 Å². The molecule has 2 unspecified atom stereocenters. The van der Waals surface area contributed by atoms with Crippen molar-refractivity contribution in [1.29, 1.82) is 0 Å². The van der Waals surface area contributed by atoms with Crippen LogP contribution >= 0.6 is 0 Å². The lowest BCUT2D eigenvalue weighted by Crippen LogP contribution is -2.51. The maximum atomic E-state index is 3.70. The number of hydrogen-bond acceptors (Lipinski definition) is 3. The van der Waals surface area contributed by atoms with Crippen LogP contribution in [0.25, 0.3) is 0 Å². The zero-order valence-corrected chi connectivity index (χ0v) is 13.1. The monoisotopic (exact) mass is 255 g/mol. The summed E-state index contributed by atoms with van der Waals surface area (Å²) in [5, 5.41) is 3.70. The molecule has 0 aromatic carbocycles. The van der Waals surface area contributed by atoms with Crippen LogP contribution in [0.2, 0.25) is 0 Å². The van der Waals surface area contributed by atoms with Gasteiger partial charge in [-0.3, -0.25) is 4.90 Å². The van der Waals surface area contributed by atoms with E-state index < -0.39 is 0 Å². The Morgan fingerprint density at radius 2 is 1.94 bits per heavy atom. The fourth-order valence-electron chi connectivity index (χ4n) is 2.85. The van der Waals surface area contributed by atoms with Gasteiger partial charge in [-0.1, -0.05) is 13.8 Å². The van der Waals surface area contributed by atoms with Crippen LogP contribution in [-0.2, 0) is 0 Å². The van der Waals surface area contributed by atoms with Crippen LogP contribution in [0.15, 0.2) is 0 Å². The molecule has 108 valence electrons. The van der Waals surface area contributed by atoms with E-state index in [0.29, 0.717) is 12.1 Å². The predicted octanol–water partition coefficient (Wildman–Crippen LogP) is 2.18. The average molecular weight is 255 g/mol. The van der Waals surface area contributed by atoms with Crippen LogP contribution in [0.4, 0.5) is 0 Å². The minimum absolute atomic E-state index is 0.661. The van der Waals surface area contributed by atoms with Crippen LogP contribution < -0.4 is 5.32 Å².